The number of ether oxygens (including phenoxy) is 1. The van der Waals surface area contributed by atoms with Crippen molar-refractivity contribution in [3.8, 4) is 5.75 Å². The second kappa shape index (κ2) is 6.22. The first-order chi connectivity index (χ1) is 8.28. The number of nitrogens with zero attached hydrogens (tertiary/aromatic N) is 1. The lowest BCUT2D eigenvalue weighted by Crippen LogP contribution is -2.41. The summed E-state index contributed by atoms with van der Waals surface area (Å²) >= 11 is 3.46. The van der Waals surface area contributed by atoms with Gasteiger partial charge in [0.05, 0.1) is 0 Å². The van der Waals surface area contributed by atoms with E-state index in [0.29, 0.717) is 6.10 Å². The zero-order chi connectivity index (χ0) is 12.1. The van der Waals surface area contributed by atoms with Crippen LogP contribution in [0.5, 0.6) is 5.75 Å². The molecule has 0 aromatic heterocycles. The molecule has 3 heteroatoms. The van der Waals surface area contributed by atoms with Gasteiger partial charge in [0.1, 0.15) is 11.9 Å². The molecule has 0 amide bonds. The molecule has 1 heterocycles. The average molecular weight is 296 g/mol. The molecule has 2 nitrogen and oxygen atoms in total. The first kappa shape index (κ1) is 12.7. The molecular formula is C14H18BrNO. The summed E-state index contributed by atoms with van der Waals surface area (Å²) in [5.74, 6) is 0.949. The van der Waals surface area contributed by atoms with Crippen LogP contribution in [0.3, 0.4) is 0 Å². The van der Waals surface area contributed by atoms with Gasteiger partial charge in [-0.15, -0.1) is 6.58 Å². The molecule has 1 aliphatic rings. The minimum absolute atomic E-state index is 0.304. The van der Waals surface area contributed by atoms with Gasteiger partial charge in [-0.3, -0.25) is 4.90 Å². The van der Waals surface area contributed by atoms with E-state index in [0.717, 1.165) is 36.3 Å². The maximum absolute atomic E-state index is 6.01. The maximum Gasteiger partial charge on any atom is 0.120 e. The van der Waals surface area contributed by atoms with Gasteiger partial charge in [0.15, 0.2) is 0 Å². The van der Waals surface area contributed by atoms with Crippen LogP contribution in [0.25, 0.3) is 0 Å². The second-order valence-electron chi connectivity index (χ2n) is 4.39. The van der Waals surface area contributed by atoms with Crippen LogP contribution in [0.2, 0.25) is 0 Å². The summed E-state index contributed by atoms with van der Waals surface area (Å²) in [6.07, 6.45) is 4.60. The Morgan fingerprint density at radius 2 is 2.41 bits per heavy atom. The maximum atomic E-state index is 6.01. The number of halogens is 1. The Bertz CT molecular complexity index is 380. The summed E-state index contributed by atoms with van der Waals surface area (Å²) in [5.41, 5.74) is 0. The molecule has 1 aliphatic heterocycles. The van der Waals surface area contributed by atoms with E-state index in [1.165, 1.54) is 6.42 Å². The van der Waals surface area contributed by atoms with Crippen molar-refractivity contribution in [1.82, 2.24) is 4.90 Å². The Balaban J connectivity index is 1.92. The Morgan fingerprint density at radius 1 is 1.53 bits per heavy atom. The van der Waals surface area contributed by atoms with E-state index >= 15 is 0 Å². The Morgan fingerprint density at radius 3 is 3.18 bits per heavy atom. The molecule has 1 aromatic rings. The first-order valence-corrected chi connectivity index (χ1v) is 6.82. The second-order valence-corrected chi connectivity index (χ2v) is 5.30. The van der Waals surface area contributed by atoms with E-state index in [2.05, 4.69) is 27.4 Å². The molecule has 0 saturated carbocycles. The minimum Gasteiger partial charge on any atom is -0.489 e. The highest BCUT2D eigenvalue weighted by Crippen LogP contribution is 2.21. The smallest absolute Gasteiger partial charge is 0.120 e. The molecule has 1 aromatic carbocycles. The summed E-state index contributed by atoms with van der Waals surface area (Å²) in [4.78, 5) is 2.39. The van der Waals surface area contributed by atoms with Gasteiger partial charge in [-0.05, 0) is 37.6 Å². The summed E-state index contributed by atoms with van der Waals surface area (Å²) < 4.78 is 7.07. The van der Waals surface area contributed by atoms with Gasteiger partial charge in [-0.25, -0.2) is 0 Å². The zero-order valence-electron chi connectivity index (χ0n) is 9.94. The molecule has 2 rings (SSSR count). The molecule has 0 aliphatic carbocycles. The summed E-state index contributed by atoms with van der Waals surface area (Å²) in [6, 6.07) is 8.05. The largest absolute Gasteiger partial charge is 0.489 e. The van der Waals surface area contributed by atoms with Crippen LogP contribution >= 0.6 is 15.9 Å². The standard InChI is InChI=1S/C14H18BrNO/c1-2-8-16-9-4-7-14(11-16)17-13-6-3-5-12(15)10-13/h2-3,5-6,10,14H,1,4,7-9,11H2. The van der Waals surface area contributed by atoms with E-state index in [1.54, 1.807) is 0 Å². The van der Waals surface area contributed by atoms with Gasteiger partial charge in [0.25, 0.3) is 0 Å². The van der Waals surface area contributed by atoms with Crippen molar-refractivity contribution in [3.05, 3.63) is 41.4 Å². The van der Waals surface area contributed by atoms with Gasteiger partial charge >= 0.3 is 0 Å². The molecule has 1 fully saturated rings. The molecule has 1 unspecified atom stereocenters. The summed E-state index contributed by atoms with van der Waals surface area (Å²) in [5, 5.41) is 0. The van der Waals surface area contributed by atoms with Crippen molar-refractivity contribution in [2.45, 2.75) is 18.9 Å². The van der Waals surface area contributed by atoms with Crippen LogP contribution in [0, 0.1) is 0 Å². The molecule has 92 valence electrons. The van der Waals surface area contributed by atoms with Crippen molar-refractivity contribution >= 4 is 15.9 Å². The normalized spacial score (nSPS) is 21.1. The van der Waals surface area contributed by atoms with E-state index in [9.17, 15) is 0 Å². The van der Waals surface area contributed by atoms with Crippen molar-refractivity contribution in [3.63, 3.8) is 0 Å². The highest BCUT2D eigenvalue weighted by molar-refractivity contribution is 9.10. The Labute approximate surface area is 111 Å². The predicted octanol–water partition coefficient (Wildman–Crippen LogP) is 3.48. The minimum atomic E-state index is 0.304. The number of rotatable bonds is 4. The number of benzene rings is 1. The van der Waals surface area contributed by atoms with E-state index in [-0.39, 0.29) is 0 Å². The molecule has 1 atom stereocenters. The molecule has 0 radical (unpaired) electrons. The monoisotopic (exact) mass is 295 g/mol. The fourth-order valence-corrected chi connectivity index (χ4v) is 2.57. The molecule has 0 N–H and O–H groups in total. The SMILES string of the molecule is C=CCN1CCCC(Oc2cccc(Br)c2)C1. The summed E-state index contributed by atoms with van der Waals surface area (Å²) in [7, 11) is 0. The molecular weight excluding hydrogens is 278 g/mol. The number of piperidine rings is 1. The molecule has 1 saturated heterocycles. The van der Waals surface area contributed by atoms with Crippen LogP contribution in [0.15, 0.2) is 41.4 Å². The number of hydrogen-bond acceptors (Lipinski definition) is 2. The number of hydrogen-bond donors (Lipinski definition) is 0. The summed E-state index contributed by atoms with van der Waals surface area (Å²) in [6.45, 7) is 6.90. The van der Waals surface area contributed by atoms with Crippen molar-refractivity contribution in [1.29, 1.82) is 0 Å². The third-order valence-electron chi connectivity index (χ3n) is 2.95. The molecule has 17 heavy (non-hydrogen) atoms. The quantitative estimate of drug-likeness (QED) is 0.789. The third-order valence-corrected chi connectivity index (χ3v) is 3.44. The first-order valence-electron chi connectivity index (χ1n) is 6.03. The van der Waals surface area contributed by atoms with Gasteiger partial charge in [0, 0.05) is 17.6 Å². The van der Waals surface area contributed by atoms with Crippen molar-refractivity contribution in [2.75, 3.05) is 19.6 Å². The van der Waals surface area contributed by atoms with Crippen LogP contribution in [0.1, 0.15) is 12.8 Å². The van der Waals surface area contributed by atoms with Crippen LogP contribution in [0.4, 0.5) is 0 Å². The van der Waals surface area contributed by atoms with Crippen molar-refractivity contribution in [2.24, 2.45) is 0 Å². The van der Waals surface area contributed by atoms with Crippen LogP contribution in [-0.4, -0.2) is 30.6 Å². The topological polar surface area (TPSA) is 12.5 Å². The highest BCUT2D eigenvalue weighted by atomic mass is 79.9. The lowest BCUT2D eigenvalue weighted by atomic mass is 10.1. The van der Waals surface area contributed by atoms with Crippen LogP contribution in [-0.2, 0) is 0 Å². The van der Waals surface area contributed by atoms with E-state index in [4.69, 9.17) is 4.74 Å². The Kier molecular flexibility index (Phi) is 4.63. The fraction of sp³-hybridized carbons (Fsp3) is 0.429. The van der Waals surface area contributed by atoms with Gasteiger partial charge < -0.3 is 4.74 Å². The lowest BCUT2D eigenvalue weighted by molar-refractivity contribution is 0.0957. The van der Waals surface area contributed by atoms with Gasteiger partial charge in [-0.2, -0.15) is 0 Å². The highest BCUT2D eigenvalue weighted by Gasteiger charge is 2.20. The fourth-order valence-electron chi connectivity index (χ4n) is 2.19. The van der Waals surface area contributed by atoms with Crippen molar-refractivity contribution < 1.29 is 4.74 Å². The van der Waals surface area contributed by atoms with Gasteiger partial charge in [-0.1, -0.05) is 28.1 Å². The van der Waals surface area contributed by atoms with E-state index in [1.807, 2.05) is 30.3 Å². The molecule has 0 spiro atoms. The Hall–Kier alpha value is -0.800. The van der Waals surface area contributed by atoms with Gasteiger partial charge in [0.2, 0.25) is 0 Å². The van der Waals surface area contributed by atoms with Crippen LogP contribution < -0.4 is 4.74 Å². The zero-order valence-corrected chi connectivity index (χ0v) is 11.5. The predicted molar refractivity (Wildman–Crippen MR) is 74.4 cm³/mol. The molecule has 0 bridgehead atoms. The van der Waals surface area contributed by atoms with E-state index < -0.39 is 0 Å². The number of likely N-dealkylation sites (tertiary alicyclic amines) is 1. The average Bonchev–Trinajstić information content (AvgIpc) is 2.30. The third kappa shape index (κ3) is 3.86. The lowest BCUT2D eigenvalue weighted by Gasteiger charge is -2.32.